The molecule has 0 spiro atoms. The van der Waals surface area contributed by atoms with E-state index in [0.717, 1.165) is 6.07 Å². The lowest BCUT2D eigenvalue weighted by molar-refractivity contribution is -0.125. The highest BCUT2D eigenvalue weighted by atomic mass is 16.5. The molecular formula is C17H16N2O6. The highest BCUT2D eigenvalue weighted by molar-refractivity contribution is 5.96. The number of hydrogen-bond acceptors (Lipinski definition) is 6. The molecule has 25 heavy (non-hydrogen) atoms. The molecule has 0 fully saturated rings. The number of esters is 1. The normalized spacial score (nSPS) is 10.0. The molecule has 1 aromatic carbocycles. The summed E-state index contributed by atoms with van der Waals surface area (Å²) >= 11 is 0. The predicted octanol–water partition coefficient (Wildman–Crippen LogP) is 0.875. The highest BCUT2D eigenvalue weighted by Crippen LogP contribution is 2.12. The minimum atomic E-state index is -0.803. The quantitative estimate of drug-likeness (QED) is 0.628. The Kier molecular flexibility index (Phi) is 5.67. The Hall–Kier alpha value is -3.42. The number of aryl methyl sites for hydroxylation is 2. The van der Waals surface area contributed by atoms with E-state index in [1.54, 1.807) is 37.3 Å². The van der Waals surface area contributed by atoms with Gasteiger partial charge in [-0.25, -0.2) is 9.59 Å². The number of hydrogen-bond donors (Lipinski definition) is 2. The molecule has 8 heteroatoms. The molecule has 2 aromatic rings. The predicted molar refractivity (Wildman–Crippen MR) is 86.8 cm³/mol. The molecule has 2 amide bonds. The van der Waals surface area contributed by atoms with E-state index in [9.17, 15) is 19.2 Å². The Balaban J connectivity index is 1.87. The van der Waals surface area contributed by atoms with Crippen LogP contribution in [-0.2, 0) is 9.53 Å². The van der Waals surface area contributed by atoms with E-state index in [1.165, 1.54) is 6.92 Å². The van der Waals surface area contributed by atoms with Gasteiger partial charge in [0.15, 0.2) is 6.61 Å². The van der Waals surface area contributed by atoms with Crippen LogP contribution in [0.1, 0.15) is 32.0 Å². The van der Waals surface area contributed by atoms with Gasteiger partial charge >= 0.3 is 11.6 Å². The van der Waals surface area contributed by atoms with Crippen molar-refractivity contribution in [2.75, 3.05) is 6.61 Å². The van der Waals surface area contributed by atoms with Crippen molar-refractivity contribution in [2.45, 2.75) is 13.8 Å². The van der Waals surface area contributed by atoms with Crippen LogP contribution in [0.15, 0.2) is 45.6 Å². The molecule has 0 saturated heterocycles. The molecule has 1 heterocycles. The van der Waals surface area contributed by atoms with E-state index in [1.807, 2.05) is 0 Å². The molecule has 0 bridgehead atoms. The SMILES string of the molecule is Cc1cc(=O)oc(C)c1C(=O)OCC(=O)NNC(=O)c1ccccc1. The molecule has 0 aliphatic carbocycles. The minimum Gasteiger partial charge on any atom is -0.452 e. The molecular weight excluding hydrogens is 328 g/mol. The average molecular weight is 344 g/mol. The van der Waals surface area contributed by atoms with Crippen molar-refractivity contribution in [2.24, 2.45) is 0 Å². The number of hydrazine groups is 1. The van der Waals surface area contributed by atoms with Crippen molar-refractivity contribution in [1.82, 2.24) is 10.9 Å². The lowest BCUT2D eigenvalue weighted by Gasteiger charge is -2.09. The molecule has 2 rings (SSSR count). The first-order valence-corrected chi connectivity index (χ1v) is 7.31. The first-order chi connectivity index (χ1) is 11.9. The highest BCUT2D eigenvalue weighted by Gasteiger charge is 2.18. The van der Waals surface area contributed by atoms with Crippen LogP contribution < -0.4 is 16.5 Å². The Morgan fingerprint density at radius 2 is 1.76 bits per heavy atom. The maximum atomic E-state index is 12.0. The summed E-state index contributed by atoms with van der Waals surface area (Å²) in [5.41, 5.74) is 4.60. The van der Waals surface area contributed by atoms with Crippen LogP contribution >= 0.6 is 0 Å². The Bertz CT molecular complexity index is 831. The summed E-state index contributed by atoms with van der Waals surface area (Å²) in [6, 6.07) is 9.43. The lowest BCUT2D eigenvalue weighted by atomic mass is 10.1. The summed E-state index contributed by atoms with van der Waals surface area (Å²) in [5.74, 6) is -1.92. The minimum absolute atomic E-state index is 0.0840. The third-order valence-electron chi connectivity index (χ3n) is 3.22. The van der Waals surface area contributed by atoms with Gasteiger partial charge in [-0.1, -0.05) is 18.2 Å². The van der Waals surface area contributed by atoms with Crippen molar-refractivity contribution in [3.8, 4) is 0 Å². The zero-order valence-corrected chi connectivity index (χ0v) is 13.6. The molecule has 0 aliphatic rings. The molecule has 0 aliphatic heterocycles. The Labute approximate surface area is 142 Å². The van der Waals surface area contributed by atoms with Crippen molar-refractivity contribution < 1.29 is 23.5 Å². The van der Waals surface area contributed by atoms with E-state index in [2.05, 4.69) is 10.9 Å². The third-order valence-corrected chi connectivity index (χ3v) is 3.22. The fourth-order valence-corrected chi connectivity index (χ4v) is 2.09. The van der Waals surface area contributed by atoms with Gasteiger partial charge in [0.05, 0.1) is 0 Å². The number of ether oxygens (including phenoxy) is 1. The third kappa shape index (κ3) is 4.77. The van der Waals surface area contributed by atoms with E-state index < -0.39 is 30.0 Å². The van der Waals surface area contributed by atoms with Crippen molar-refractivity contribution in [1.29, 1.82) is 0 Å². The van der Waals surface area contributed by atoms with Crippen LogP contribution in [-0.4, -0.2) is 24.4 Å². The molecule has 0 atom stereocenters. The van der Waals surface area contributed by atoms with Gasteiger partial charge in [0.1, 0.15) is 11.3 Å². The van der Waals surface area contributed by atoms with Crippen molar-refractivity contribution >= 4 is 17.8 Å². The Morgan fingerprint density at radius 3 is 2.40 bits per heavy atom. The first-order valence-electron chi connectivity index (χ1n) is 7.31. The second-order valence-corrected chi connectivity index (χ2v) is 5.12. The Morgan fingerprint density at radius 1 is 1.08 bits per heavy atom. The second kappa shape index (κ2) is 7.91. The summed E-state index contributed by atoms with van der Waals surface area (Å²) in [4.78, 5) is 46.6. The first kappa shape index (κ1) is 17.9. The van der Waals surface area contributed by atoms with Crippen LogP contribution in [0, 0.1) is 13.8 Å². The molecule has 8 nitrogen and oxygen atoms in total. The van der Waals surface area contributed by atoms with Gasteiger partial charge in [0.2, 0.25) is 0 Å². The largest absolute Gasteiger partial charge is 0.452 e. The van der Waals surface area contributed by atoms with Gasteiger partial charge in [-0.2, -0.15) is 0 Å². The lowest BCUT2D eigenvalue weighted by Crippen LogP contribution is -2.43. The van der Waals surface area contributed by atoms with Crippen LogP contribution in [0.4, 0.5) is 0 Å². The number of amides is 2. The maximum absolute atomic E-state index is 12.0. The zero-order valence-electron chi connectivity index (χ0n) is 13.6. The van der Waals surface area contributed by atoms with Crippen LogP contribution in [0.25, 0.3) is 0 Å². The molecule has 0 saturated carbocycles. The van der Waals surface area contributed by atoms with E-state index >= 15 is 0 Å². The molecule has 0 unspecified atom stereocenters. The maximum Gasteiger partial charge on any atom is 0.342 e. The van der Waals surface area contributed by atoms with Crippen molar-refractivity contribution in [3.63, 3.8) is 0 Å². The fourth-order valence-electron chi connectivity index (χ4n) is 2.09. The fraction of sp³-hybridized carbons (Fsp3) is 0.176. The number of benzene rings is 1. The number of carbonyl (C=O) groups is 3. The van der Waals surface area contributed by atoms with Crippen LogP contribution in [0.5, 0.6) is 0 Å². The molecule has 1 aromatic heterocycles. The van der Waals surface area contributed by atoms with E-state index in [-0.39, 0.29) is 11.3 Å². The monoisotopic (exact) mass is 344 g/mol. The molecule has 2 N–H and O–H groups in total. The van der Waals surface area contributed by atoms with Gasteiger partial charge in [0.25, 0.3) is 11.8 Å². The topological polar surface area (TPSA) is 115 Å². The number of nitrogens with one attached hydrogen (secondary N) is 2. The number of rotatable bonds is 4. The molecule has 0 radical (unpaired) electrons. The standard InChI is InChI=1S/C17H16N2O6/c1-10-8-14(21)25-11(2)15(10)17(23)24-9-13(20)18-19-16(22)12-6-4-3-5-7-12/h3-8H,9H2,1-2H3,(H,18,20)(H,19,22). The number of carbonyl (C=O) groups excluding carboxylic acids is 3. The average Bonchev–Trinajstić information content (AvgIpc) is 2.57. The smallest absolute Gasteiger partial charge is 0.342 e. The summed E-state index contributed by atoms with van der Waals surface area (Å²) in [5, 5.41) is 0. The molecule has 130 valence electrons. The van der Waals surface area contributed by atoms with Gasteiger partial charge in [0, 0.05) is 11.6 Å². The summed E-state index contributed by atoms with van der Waals surface area (Å²) < 4.78 is 9.70. The van der Waals surface area contributed by atoms with Gasteiger partial charge in [-0.05, 0) is 31.5 Å². The summed E-state index contributed by atoms with van der Waals surface area (Å²) in [6.07, 6.45) is 0. The summed E-state index contributed by atoms with van der Waals surface area (Å²) in [6.45, 7) is 2.40. The van der Waals surface area contributed by atoms with Crippen LogP contribution in [0.3, 0.4) is 0 Å². The summed E-state index contributed by atoms with van der Waals surface area (Å²) in [7, 11) is 0. The van der Waals surface area contributed by atoms with Gasteiger partial charge in [-0.3, -0.25) is 20.4 Å². The van der Waals surface area contributed by atoms with E-state index in [0.29, 0.717) is 11.1 Å². The van der Waals surface area contributed by atoms with Gasteiger partial charge in [-0.15, -0.1) is 0 Å². The van der Waals surface area contributed by atoms with Crippen LogP contribution in [0.2, 0.25) is 0 Å². The van der Waals surface area contributed by atoms with E-state index in [4.69, 9.17) is 9.15 Å². The second-order valence-electron chi connectivity index (χ2n) is 5.12. The van der Waals surface area contributed by atoms with Gasteiger partial charge < -0.3 is 9.15 Å². The zero-order chi connectivity index (χ0) is 18.4. The van der Waals surface area contributed by atoms with Crippen molar-refractivity contribution in [3.05, 3.63) is 69.3 Å².